The number of aryl methyl sites for hydroxylation is 1. The van der Waals surface area contributed by atoms with Gasteiger partial charge in [-0.05, 0) is 13.3 Å². The van der Waals surface area contributed by atoms with Gasteiger partial charge in [-0.25, -0.2) is 8.42 Å². The van der Waals surface area contributed by atoms with Crippen LogP contribution in [-0.4, -0.2) is 48.0 Å². The van der Waals surface area contributed by atoms with Gasteiger partial charge < -0.3 is 9.42 Å². The summed E-state index contributed by atoms with van der Waals surface area (Å²) in [5, 5.41) is 3.28. The van der Waals surface area contributed by atoms with Crippen molar-refractivity contribution in [2.24, 2.45) is 0 Å². The molecule has 6 nitrogen and oxygen atoms in total. The molecule has 2 unspecified atom stereocenters. The van der Waals surface area contributed by atoms with Crippen molar-refractivity contribution >= 4 is 15.7 Å². The number of aromatic nitrogens is 1. The summed E-state index contributed by atoms with van der Waals surface area (Å²) in [7, 11) is -2.97. The number of rotatable bonds is 1. The van der Waals surface area contributed by atoms with Gasteiger partial charge in [0, 0.05) is 18.7 Å². The molecule has 3 heterocycles. The molecule has 1 amide bonds. The Kier molecular flexibility index (Phi) is 2.10. The standard InChI is InChI=1S/C10H12N2O4S/c1-6-2-9(11-16-6)10(13)12-4-8-3-7(12)5-17(8,14)15/h2,7-8H,3-5H2,1H3. The molecule has 2 bridgehead atoms. The minimum atomic E-state index is -2.97. The van der Waals surface area contributed by atoms with Gasteiger partial charge in [0.1, 0.15) is 5.76 Å². The summed E-state index contributed by atoms with van der Waals surface area (Å²) in [6.45, 7) is 2.00. The molecule has 1 aromatic heterocycles. The molecule has 2 fully saturated rings. The SMILES string of the molecule is Cc1cc(C(=O)N2CC3CC2CS3(=O)=O)no1. The largest absolute Gasteiger partial charge is 0.361 e. The highest BCUT2D eigenvalue weighted by Crippen LogP contribution is 2.33. The maximum Gasteiger partial charge on any atom is 0.276 e. The second kappa shape index (κ2) is 3.32. The molecule has 2 atom stereocenters. The number of hydrogen-bond acceptors (Lipinski definition) is 5. The number of carbonyl (C=O) groups excluding carboxylic acids is 1. The van der Waals surface area contributed by atoms with Gasteiger partial charge in [0.15, 0.2) is 15.5 Å². The van der Waals surface area contributed by atoms with Crippen molar-refractivity contribution in [3.63, 3.8) is 0 Å². The lowest BCUT2D eigenvalue weighted by Crippen LogP contribution is -2.44. The third-order valence-electron chi connectivity index (χ3n) is 3.42. The van der Waals surface area contributed by atoms with E-state index in [1.807, 2.05) is 0 Å². The van der Waals surface area contributed by atoms with Crippen LogP contribution in [0.4, 0.5) is 0 Å². The Hall–Kier alpha value is -1.37. The molecule has 0 aromatic carbocycles. The number of sulfone groups is 1. The Morgan fingerprint density at radius 2 is 2.35 bits per heavy atom. The van der Waals surface area contributed by atoms with Crippen molar-refractivity contribution in [3.8, 4) is 0 Å². The topological polar surface area (TPSA) is 80.5 Å². The van der Waals surface area contributed by atoms with Crippen LogP contribution in [0.1, 0.15) is 22.7 Å². The fourth-order valence-electron chi connectivity index (χ4n) is 2.56. The van der Waals surface area contributed by atoms with Crippen LogP contribution in [0.25, 0.3) is 0 Å². The highest BCUT2D eigenvalue weighted by atomic mass is 32.2. The summed E-state index contributed by atoms with van der Waals surface area (Å²) in [6.07, 6.45) is 0.560. The first kappa shape index (κ1) is 10.8. The van der Waals surface area contributed by atoms with E-state index in [-0.39, 0.29) is 35.2 Å². The van der Waals surface area contributed by atoms with E-state index in [4.69, 9.17) is 4.52 Å². The number of nitrogens with zero attached hydrogens (tertiary/aromatic N) is 2. The molecule has 1 aromatic rings. The predicted molar refractivity (Wildman–Crippen MR) is 58.3 cm³/mol. The van der Waals surface area contributed by atoms with Gasteiger partial charge in [0.25, 0.3) is 5.91 Å². The van der Waals surface area contributed by atoms with Gasteiger partial charge in [-0.2, -0.15) is 0 Å². The molecule has 2 saturated heterocycles. The molecular weight excluding hydrogens is 244 g/mol. The molecule has 0 aliphatic carbocycles. The lowest BCUT2D eigenvalue weighted by atomic mass is 10.2. The van der Waals surface area contributed by atoms with Gasteiger partial charge in [-0.1, -0.05) is 5.16 Å². The third-order valence-corrected chi connectivity index (χ3v) is 5.62. The molecule has 7 heteroatoms. The van der Waals surface area contributed by atoms with Crippen molar-refractivity contribution in [2.75, 3.05) is 12.3 Å². The highest BCUT2D eigenvalue weighted by Gasteiger charge is 2.50. The molecule has 0 saturated carbocycles. The number of carbonyl (C=O) groups is 1. The first-order valence-electron chi connectivity index (χ1n) is 5.43. The van der Waals surface area contributed by atoms with E-state index >= 15 is 0 Å². The van der Waals surface area contributed by atoms with Crippen LogP contribution in [0.2, 0.25) is 0 Å². The molecule has 0 radical (unpaired) electrons. The molecule has 0 N–H and O–H groups in total. The number of fused-ring (bicyclic) bond motifs is 2. The lowest BCUT2D eigenvalue weighted by Gasteiger charge is -2.25. The quantitative estimate of drug-likeness (QED) is 0.706. The predicted octanol–water partition coefficient (Wildman–Crippen LogP) is -0.00548. The minimum Gasteiger partial charge on any atom is -0.361 e. The average molecular weight is 256 g/mol. The zero-order chi connectivity index (χ0) is 12.2. The van der Waals surface area contributed by atoms with Gasteiger partial charge in [-0.3, -0.25) is 4.79 Å². The maximum absolute atomic E-state index is 12.1. The van der Waals surface area contributed by atoms with Crippen molar-refractivity contribution in [1.82, 2.24) is 10.1 Å². The molecule has 17 heavy (non-hydrogen) atoms. The molecular formula is C10H12N2O4S. The van der Waals surface area contributed by atoms with Crippen LogP contribution in [-0.2, 0) is 9.84 Å². The number of amides is 1. The molecule has 92 valence electrons. The molecule has 0 spiro atoms. The van der Waals surface area contributed by atoms with E-state index in [9.17, 15) is 13.2 Å². The normalized spacial score (nSPS) is 29.8. The smallest absolute Gasteiger partial charge is 0.276 e. The molecule has 2 aliphatic heterocycles. The Balaban J connectivity index is 1.83. The zero-order valence-corrected chi connectivity index (χ0v) is 10.1. The summed E-state index contributed by atoms with van der Waals surface area (Å²) in [6, 6.07) is 1.39. The second-order valence-corrected chi connectivity index (χ2v) is 6.95. The van der Waals surface area contributed by atoms with Crippen LogP contribution in [0.5, 0.6) is 0 Å². The van der Waals surface area contributed by atoms with E-state index in [1.165, 1.54) is 0 Å². The maximum atomic E-state index is 12.1. The van der Waals surface area contributed by atoms with Crippen molar-refractivity contribution < 1.29 is 17.7 Å². The summed E-state index contributed by atoms with van der Waals surface area (Å²) in [5.74, 6) is 0.426. The van der Waals surface area contributed by atoms with Gasteiger partial charge in [0.2, 0.25) is 0 Å². The number of hydrogen-bond donors (Lipinski definition) is 0. The number of likely N-dealkylation sites (tertiary alicyclic amines) is 1. The van der Waals surface area contributed by atoms with Crippen molar-refractivity contribution in [2.45, 2.75) is 24.6 Å². The summed E-state index contributed by atoms with van der Waals surface area (Å²) >= 11 is 0. The first-order chi connectivity index (χ1) is 7.97. The second-order valence-electron chi connectivity index (χ2n) is 4.62. The Labute approximate surface area is 98.5 Å². The highest BCUT2D eigenvalue weighted by molar-refractivity contribution is 7.92. The summed E-state index contributed by atoms with van der Waals surface area (Å²) in [5.41, 5.74) is 0.257. The Morgan fingerprint density at radius 1 is 1.59 bits per heavy atom. The Morgan fingerprint density at radius 3 is 2.82 bits per heavy atom. The van der Waals surface area contributed by atoms with E-state index in [2.05, 4.69) is 5.16 Å². The van der Waals surface area contributed by atoms with E-state index in [0.29, 0.717) is 12.2 Å². The fourth-order valence-corrected chi connectivity index (χ4v) is 4.59. The van der Waals surface area contributed by atoms with E-state index in [1.54, 1.807) is 17.9 Å². The minimum absolute atomic E-state index is 0.0836. The van der Waals surface area contributed by atoms with Crippen molar-refractivity contribution in [1.29, 1.82) is 0 Å². The first-order valence-corrected chi connectivity index (χ1v) is 7.15. The van der Waals surface area contributed by atoms with E-state index < -0.39 is 9.84 Å². The van der Waals surface area contributed by atoms with Crippen LogP contribution in [0.3, 0.4) is 0 Å². The van der Waals surface area contributed by atoms with Crippen LogP contribution < -0.4 is 0 Å². The van der Waals surface area contributed by atoms with Gasteiger partial charge >= 0.3 is 0 Å². The third kappa shape index (κ3) is 1.56. The average Bonchev–Trinajstić information content (AvgIpc) is 2.89. The monoisotopic (exact) mass is 256 g/mol. The molecule has 3 rings (SSSR count). The van der Waals surface area contributed by atoms with Crippen LogP contribution >= 0.6 is 0 Å². The lowest BCUT2D eigenvalue weighted by molar-refractivity contribution is 0.0735. The fraction of sp³-hybridized carbons (Fsp3) is 0.600. The Bertz CT molecular complexity index is 577. The van der Waals surface area contributed by atoms with E-state index in [0.717, 1.165) is 0 Å². The zero-order valence-electron chi connectivity index (χ0n) is 9.29. The summed E-state index contributed by atoms with van der Waals surface area (Å²) < 4.78 is 28.0. The van der Waals surface area contributed by atoms with Crippen molar-refractivity contribution in [3.05, 3.63) is 17.5 Å². The molecule has 2 aliphatic rings. The van der Waals surface area contributed by atoms with Crippen LogP contribution in [0, 0.1) is 6.92 Å². The van der Waals surface area contributed by atoms with Gasteiger partial charge in [-0.15, -0.1) is 0 Å². The summed E-state index contributed by atoms with van der Waals surface area (Å²) in [4.78, 5) is 13.7. The van der Waals surface area contributed by atoms with Gasteiger partial charge in [0.05, 0.1) is 11.0 Å². The van der Waals surface area contributed by atoms with Crippen LogP contribution in [0.15, 0.2) is 10.6 Å².